The second kappa shape index (κ2) is 10.5. The Morgan fingerprint density at radius 1 is 1.11 bits per heavy atom. The summed E-state index contributed by atoms with van der Waals surface area (Å²) in [5, 5.41) is 3.29. The van der Waals surface area contributed by atoms with E-state index in [-0.39, 0.29) is 24.2 Å². The van der Waals surface area contributed by atoms with Crippen molar-refractivity contribution in [3.63, 3.8) is 0 Å². The van der Waals surface area contributed by atoms with Crippen molar-refractivity contribution < 1.29 is 18.7 Å². The third-order valence-electron chi connectivity index (χ3n) is 3.94. The van der Waals surface area contributed by atoms with Gasteiger partial charge in [0.15, 0.2) is 6.61 Å². The molecule has 27 heavy (non-hydrogen) atoms. The Labute approximate surface area is 163 Å². The molecule has 144 valence electrons. The number of hydrogen-bond donors (Lipinski definition) is 1. The zero-order chi connectivity index (χ0) is 19.6. The lowest BCUT2D eigenvalue weighted by Gasteiger charge is -2.21. The first kappa shape index (κ1) is 20.7. The Hall–Kier alpha value is -2.60. The van der Waals surface area contributed by atoms with Crippen molar-refractivity contribution in [1.82, 2.24) is 10.2 Å². The van der Waals surface area contributed by atoms with E-state index in [1.54, 1.807) is 47.4 Å². The van der Waals surface area contributed by atoms with Gasteiger partial charge in [-0.15, -0.1) is 0 Å². The van der Waals surface area contributed by atoms with Crippen LogP contribution in [0.4, 0.5) is 4.39 Å². The van der Waals surface area contributed by atoms with Gasteiger partial charge in [0.2, 0.25) is 5.91 Å². The molecule has 0 saturated carbocycles. The molecule has 7 heteroatoms. The van der Waals surface area contributed by atoms with Crippen LogP contribution in [-0.4, -0.2) is 43.0 Å². The van der Waals surface area contributed by atoms with E-state index in [0.29, 0.717) is 42.4 Å². The molecule has 0 spiro atoms. The molecule has 5 nitrogen and oxygen atoms in total. The third-order valence-corrected chi connectivity index (χ3v) is 4.19. The van der Waals surface area contributed by atoms with Gasteiger partial charge in [-0.2, -0.15) is 0 Å². The average Bonchev–Trinajstić information content (AvgIpc) is 2.65. The highest BCUT2D eigenvalue weighted by Gasteiger charge is 2.11. The van der Waals surface area contributed by atoms with Gasteiger partial charge < -0.3 is 15.0 Å². The van der Waals surface area contributed by atoms with Gasteiger partial charge in [0.05, 0.1) is 0 Å². The van der Waals surface area contributed by atoms with Crippen LogP contribution in [0.15, 0.2) is 48.5 Å². The quantitative estimate of drug-likeness (QED) is 0.713. The summed E-state index contributed by atoms with van der Waals surface area (Å²) in [7, 11) is 0. The van der Waals surface area contributed by atoms with E-state index in [4.69, 9.17) is 16.3 Å². The van der Waals surface area contributed by atoms with Crippen molar-refractivity contribution in [2.24, 2.45) is 0 Å². The zero-order valence-electron chi connectivity index (χ0n) is 15.1. The van der Waals surface area contributed by atoms with Crippen molar-refractivity contribution >= 4 is 23.4 Å². The van der Waals surface area contributed by atoms with E-state index < -0.39 is 0 Å². The van der Waals surface area contributed by atoms with Crippen LogP contribution in [0.1, 0.15) is 12.5 Å². The molecule has 2 aromatic carbocycles. The van der Waals surface area contributed by atoms with E-state index >= 15 is 0 Å². The highest BCUT2D eigenvalue weighted by Crippen LogP contribution is 2.15. The van der Waals surface area contributed by atoms with Crippen LogP contribution >= 0.6 is 11.6 Å². The van der Waals surface area contributed by atoms with Crippen LogP contribution in [0, 0.1) is 5.82 Å². The fraction of sp³-hybridized carbons (Fsp3) is 0.300. The maximum Gasteiger partial charge on any atom is 0.258 e. The lowest BCUT2D eigenvalue weighted by molar-refractivity contribution is -0.129. The van der Waals surface area contributed by atoms with Gasteiger partial charge in [0.1, 0.15) is 11.6 Å². The molecule has 0 saturated heterocycles. The average molecular weight is 393 g/mol. The molecule has 0 aliphatic carbocycles. The van der Waals surface area contributed by atoms with E-state index in [9.17, 15) is 14.0 Å². The lowest BCUT2D eigenvalue weighted by atomic mass is 10.1. The molecule has 0 bridgehead atoms. The molecule has 1 N–H and O–H groups in total. The maximum atomic E-state index is 13.7. The molecule has 0 aliphatic heterocycles. The number of nitrogens with zero attached hydrogens (tertiary/aromatic N) is 1. The minimum Gasteiger partial charge on any atom is -0.484 e. The molecule has 2 rings (SSSR count). The third kappa shape index (κ3) is 7.27. The predicted molar refractivity (Wildman–Crippen MR) is 102 cm³/mol. The number of hydrogen-bond acceptors (Lipinski definition) is 3. The molecule has 2 amide bonds. The molecule has 0 atom stereocenters. The first-order chi connectivity index (χ1) is 13.0. The summed E-state index contributed by atoms with van der Waals surface area (Å²) < 4.78 is 19.0. The molecule has 0 fully saturated rings. The molecule has 0 radical (unpaired) electrons. The molecule has 0 aromatic heterocycles. The van der Waals surface area contributed by atoms with Gasteiger partial charge >= 0.3 is 0 Å². The largest absolute Gasteiger partial charge is 0.484 e. The van der Waals surface area contributed by atoms with Gasteiger partial charge in [-0.05, 0) is 42.3 Å². The molecule has 0 heterocycles. The van der Waals surface area contributed by atoms with Crippen molar-refractivity contribution in [3.8, 4) is 5.75 Å². The fourth-order valence-electron chi connectivity index (χ4n) is 2.44. The zero-order valence-corrected chi connectivity index (χ0v) is 15.8. The van der Waals surface area contributed by atoms with Crippen molar-refractivity contribution in [1.29, 1.82) is 0 Å². The number of ether oxygens (including phenoxy) is 1. The fourth-order valence-corrected chi connectivity index (χ4v) is 2.57. The summed E-state index contributed by atoms with van der Waals surface area (Å²) in [6.07, 6.45) is 0.417. The molecular weight excluding hydrogens is 371 g/mol. The minimum atomic E-state index is -0.289. The Bertz CT molecular complexity index is 768. The van der Waals surface area contributed by atoms with E-state index in [2.05, 4.69) is 5.32 Å². The summed E-state index contributed by atoms with van der Waals surface area (Å²) in [5.74, 6) is -0.154. The number of halogens is 2. The number of benzene rings is 2. The van der Waals surface area contributed by atoms with Crippen LogP contribution in [-0.2, 0) is 16.0 Å². The Kier molecular flexibility index (Phi) is 8.07. The molecular formula is C20H22ClFN2O3. The Morgan fingerprint density at radius 2 is 1.81 bits per heavy atom. The number of carbonyl (C=O) groups is 2. The lowest BCUT2D eigenvalue weighted by Crippen LogP contribution is -2.39. The number of carbonyl (C=O) groups excluding carboxylic acids is 2. The number of amides is 2. The smallest absolute Gasteiger partial charge is 0.258 e. The number of nitrogens with one attached hydrogen (secondary N) is 1. The van der Waals surface area contributed by atoms with Crippen LogP contribution in [0.5, 0.6) is 5.75 Å². The van der Waals surface area contributed by atoms with Gasteiger partial charge in [0, 0.05) is 31.6 Å². The normalized spacial score (nSPS) is 10.3. The summed E-state index contributed by atoms with van der Waals surface area (Å²) in [4.78, 5) is 25.2. The second-order valence-electron chi connectivity index (χ2n) is 5.94. The predicted octanol–water partition coefficient (Wildman–Crippen LogP) is 3.07. The van der Waals surface area contributed by atoms with E-state index in [0.717, 1.165) is 0 Å². The first-order valence-electron chi connectivity index (χ1n) is 8.59. The van der Waals surface area contributed by atoms with E-state index in [1.165, 1.54) is 13.0 Å². The van der Waals surface area contributed by atoms with Crippen molar-refractivity contribution in [2.45, 2.75) is 13.3 Å². The van der Waals surface area contributed by atoms with Gasteiger partial charge in [-0.3, -0.25) is 9.59 Å². The van der Waals surface area contributed by atoms with Crippen LogP contribution in [0.25, 0.3) is 0 Å². The monoisotopic (exact) mass is 392 g/mol. The standard InChI is InChI=1S/C20H22ClFN2O3/c1-15(25)24(12-10-16-4-2-3-5-19(16)22)13-11-23-20(26)14-27-18-8-6-17(21)7-9-18/h2-9H,10-14H2,1H3,(H,23,26). The summed E-state index contributed by atoms with van der Waals surface area (Å²) in [5.41, 5.74) is 0.559. The maximum absolute atomic E-state index is 13.7. The van der Waals surface area contributed by atoms with Gasteiger partial charge in [0.25, 0.3) is 5.91 Å². The van der Waals surface area contributed by atoms with Gasteiger partial charge in [-0.25, -0.2) is 4.39 Å². The summed E-state index contributed by atoms with van der Waals surface area (Å²) in [6.45, 7) is 2.34. The first-order valence-corrected chi connectivity index (χ1v) is 8.97. The highest BCUT2D eigenvalue weighted by atomic mass is 35.5. The molecule has 0 unspecified atom stereocenters. The Balaban J connectivity index is 1.72. The van der Waals surface area contributed by atoms with Crippen molar-refractivity contribution in [2.75, 3.05) is 26.2 Å². The summed E-state index contributed by atoms with van der Waals surface area (Å²) >= 11 is 5.78. The topological polar surface area (TPSA) is 58.6 Å². The summed E-state index contributed by atoms with van der Waals surface area (Å²) in [6, 6.07) is 13.2. The van der Waals surface area contributed by atoms with Crippen LogP contribution < -0.4 is 10.1 Å². The number of rotatable bonds is 9. The highest BCUT2D eigenvalue weighted by molar-refractivity contribution is 6.30. The van der Waals surface area contributed by atoms with Crippen molar-refractivity contribution in [3.05, 3.63) is 64.9 Å². The molecule has 0 aliphatic rings. The van der Waals surface area contributed by atoms with E-state index in [1.807, 2.05) is 0 Å². The van der Waals surface area contributed by atoms with Crippen LogP contribution in [0.2, 0.25) is 5.02 Å². The second-order valence-corrected chi connectivity index (χ2v) is 6.38. The SMILES string of the molecule is CC(=O)N(CCNC(=O)COc1ccc(Cl)cc1)CCc1ccccc1F. The van der Waals surface area contributed by atoms with Crippen LogP contribution in [0.3, 0.4) is 0 Å². The Morgan fingerprint density at radius 3 is 2.48 bits per heavy atom. The van der Waals surface area contributed by atoms with Gasteiger partial charge in [-0.1, -0.05) is 29.8 Å². The molecule has 2 aromatic rings. The minimum absolute atomic E-state index is 0.127.